The zero-order chi connectivity index (χ0) is 10.7. The molecule has 0 aromatic rings. The van der Waals surface area contributed by atoms with Gasteiger partial charge in [-0.05, 0) is 33.6 Å². The molecule has 0 aliphatic carbocycles. The van der Waals surface area contributed by atoms with Gasteiger partial charge in [0.1, 0.15) is 0 Å². The van der Waals surface area contributed by atoms with Crippen molar-refractivity contribution >= 4 is 9.84 Å². The summed E-state index contributed by atoms with van der Waals surface area (Å²) in [4.78, 5) is 0. The molecule has 3 nitrogen and oxygen atoms in total. The van der Waals surface area contributed by atoms with Gasteiger partial charge in [0.25, 0.3) is 0 Å². The smallest absolute Gasteiger partial charge is 0.155 e. The summed E-state index contributed by atoms with van der Waals surface area (Å²) in [5.41, 5.74) is 5.66. The maximum Gasteiger partial charge on any atom is 0.155 e. The molecule has 0 aliphatic rings. The predicted molar refractivity (Wildman–Crippen MR) is 56.4 cm³/mol. The van der Waals surface area contributed by atoms with Gasteiger partial charge in [0.05, 0.1) is 10.5 Å². The Morgan fingerprint density at radius 1 is 1.31 bits per heavy atom. The maximum absolute atomic E-state index is 11.6. The Morgan fingerprint density at radius 3 is 2.08 bits per heavy atom. The highest BCUT2D eigenvalue weighted by atomic mass is 32.2. The fourth-order valence-electron chi connectivity index (χ4n) is 0.817. The highest BCUT2D eigenvalue weighted by Crippen LogP contribution is 2.17. The Labute approximate surface area is 81.6 Å². The third kappa shape index (κ3) is 4.09. The summed E-state index contributed by atoms with van der Waals surface area (Å²) in [6, 6.07) is 0.0112. The molecule has 0 bridgehead atoms. The van der Waals surface area contributed by atoms with Crippen molar-refractivity contribution < 1.29 is 8.42 Å². The van der Waals surface area contributed by atoms with E-state index in [4.69, 9.17) is 5.73 Å². The first kappa shape index (κ1) is 12.9. The average molecular weight is 207 g/mol. The van der Waals surface area contributed by atoms with Crippen LogP contribution in [0.3, 0.4) is 0 Å². The summed E-state index contributed by atoms with van der Waals surface area (Å²) in [5.74, 6) is 0.200. The van der Waals surface area contributed by atoms with Crippen molar-refractivity contribution in [3.63, 3.8) is 0 Å². The highest BCUT2D eigenvalue weighted by molar-refractivity contribution is 7.92. The summed E-state index contributed by atoms with van der Waals surface area (Å²) in [6.45, 7) is 7.13. The van der Waals surface area contributed by atoms with Crippen LogP contribution >= 0.6 is 0 Å². The number of hydrogen-bond acceptors (Lipinski definition) is 3. The van der Waals surface area contributed by atoms with E-state index in [0.29, 0.717) is 6.42 Å². The second kappa shape index (κ2) is 4.42. The van der Waals surface area contributed by atoms with Crippen LogP contribution in [0.25, 0.3) is 0 Å². The molecule has 0 heterocycles. The molecule has 0 aromatic carbocycles. The molecule has 0 fully saturated rings. The molecular formula is C9H21NO2S. The SMILES string of the molecule is CCC(N)CCS(=O)(=O)C(C)(C)C. The molecule has 0 radical (unpaired) electrons. The third-order valence-corrected chi connectivity index (χ3v) is 4.85. The van der Waals surface area contributed by atoms with Crippen LogP contribution < -0.4 is 5.73 Å². The third-order valence-electron chi connectivity index (χ3n) is 2.21. The molecule has 1 atom stereocenters. The van der Waals surface area contributed by atoms with Gasteiger partial charge in [0, 0.05) is 6.04 Å². The van der Waals surface area contributed by atoms with Gasteiger partial charge in [-0.15, -0.1) is 0 Å². The normalized spacial score (nSPS) is 15.8. The topological polar surface area (TPSA) is 60.2 Å². The minimum Gasteiger partial charge on any atom is -0.328 e. The Morgan fingerprint density at radius 2 is 1.77 bits per heavy atom. The minimum atomic E-state index is -2.98. The van der Waals surface area contributed by atoms with Gasteiger partial charge < -0.3 is 5.73 Å². The Balaban J connectivity index is 4.22. The Hall–Kier alpha value is -0.0900. The van der Waals surface area contributed by atoms with Crippen molar-refractivity contribution in [1.82, 2.24) is 0 Å². The van der Waals surface area contributed by atoms with Gasteiger partial charge in [-0.25, -0.2) is 8.42 Å². The molecule has 1 unspecified atom stereocenters. The van der Waals surface area contributed by atoms with E-state index in [-0.39, 0.29) is 11.8 Å². The van der Waals surface area contributed by atoms with Crippen LogP contribution in [0.2, 0.25) is 0 Å². The molecule has 0 aliphatic heterocycles. The summed E-state index contributed by atoms with van der Waals surface area (Å²) in [6.07, 6.45) is 1.40. The van der Waals surface area contributed by atoms with E-state index in [1.165, 1.54) is 0 Å². The summed E-state index contributed by atoms with van der Waals surface area (Å²) >= 11 is 0. The van der Waals surface area contributed by atoms with Crippen LogP contribution in [0, 0.1) is 0 Å². The molecule has 0 rings (SSSR count). The lowest BCUT2D eigenvalue weighted by atomic mass is 10.2. The van der Waals surface area contributed by atoms with E-state index in [1.807, 2.05) is 6.92 Å². The lowest BCUT2D eigenvalue weighted by molar-refractivity contribution is 0.547. The van der Waals surface area contributed by atoms with Crippen LogP contribution in [0.5, 0.6) is 0 Å². The quantitative estimate of drug-likeness (QED) is 0.756. The Kier molecular flexibility index (Phi) is 4.39. The van der Waals surface area contributed by atoms with E-state index in [9.17, 15) is 8.42 Å². The monoisotopic (exact) mass is 207 g/mol. The fourth-order valence-corrected chi connectivity index (χ4v) is 2.04. The van der Waals surface area contributed by atoms with E-state index in [1.54, 1.807) is 20.8 Å². The first-order valence-electron chi connectivity index (χ1n) is 4.68. The van der Waals surface area contributed by atoms with E-state index >= 15 is 0 Å². The lowest BCUT2D eigenvalue weighted by Crippen LogP contribution is -2.33. The summed E-state index contributed by atoms with van der Waals surface area (Å²) in [5, 5.41) is 0. The lowest BCUT2D eigenvalue weighted by Gasteiger charge is -2.20. The molecule has 80 valence electrons. The number of sulfone groups is 1. The van der Waals surface area contributed by atoms with Crippen LogP contribution in [0.4, 0.5) is 0 Å². The molecule has 2 N–H and O–H groups in total. The van der Waals surface area contributed by atoms with Gasteiger partial charge in [0.2, 0.25) is 0 Å². The van der Waals surface area contributed by atoms with Gasteiger partial charge in [0.15, 0.2) is 9.84 Å². The summed E-state index contributed by atoms with van der Waals surface area (Å²) in [7, 11) is -2.98. The predicted octanol–water partition coefficient (Wildman–Crippen LogP) is 1.33. The molecule has 0 amide bonds. The van der Waals surface area contributed by atoms with Gasteiger partial charge in [-0.3, -0.25) is 0 Å². The number of hydrogen-bond donors (Lipinski definition) is 1. The van der Waals surface area contributed by atoms with Crippen LogP contribution in [0.15, 0.2) is 0 Å². The largest absolute Gasteiger partial charge is 0.328 e. The standard InChI is InChI=1S/C9H21NO2S/c1-5-8(10)6-7-13(11,12)9(2,3)4/h8H,5-7,10H2,1-4H3. The van der Waals surface area contributed by atoms with Crippen molar-refractivity contribution in [2.75, 3.05) is 5.75 Å². The zero-order valence-corrected chi connectivity index (χ0v) is 9.82. The van der Waals surface area contributed by atoms with Crippen molar-refractivity contribution in [2.24, 2.45) is 5.73 Å². The van der Waals surface area contributed by atoms with Crippen molar-refractivity contribution in [3.8, 4) is 0 Å². The van der Waals surface area contributed by atoms with Crippen LogP contribution in [0.1, 0.15) is 40.5 Å². The van der Waals surface area contributed by atoms with Gasteiger partial charge >= 0.3 is 0 Å². The molecule has 13 heavy (non-hydrogen) atoms. The van der Waals surface area contributed by atoms with Gasteiger partial charge in [-0.2, -0.15) is 0 Å². The molecule has 0 spiro atoms. The molecular weight excluding hydrogens is 186 g/mol. The second-order valence-electron chi connectivity index (χ2n) is 4.39. The minimum absolute atomic E-state index is 0.0112. The van der Waals surface area contributed by atoms with Crippen molar-refractivity contribution in [2.45, 2.75) is 51.3 Å². The first-order valence-corrected chi connectivity index (χ1v) is 6.34. The van der Waals surface area contributed by atoms with Crippen molar-refractivity contribution in [1.29, 1.82) is 0 Å². The number of nitrogens with two attached hydrogens (primary N) is 1. The molecule has 0 aromatic heterocycles. The van der Waals surface area contributed by atoms with Crippen LogP contribution in [-0.4, -0.2) is 25.0 Å². The Bertz CT molecular complexity index is 239. The van der Waals surface area contributed by atoms with E-state index in [2.05, 4.69) is 0 Å². The highest BCUT2D eigenvalue weighted by Gasteiger charge is 2.28. The molecule has 0 saturated heterocycles. The number of rotatable bonds is 4. The van der Waals surface area contributed by atoms with Crippen LogP contribution in [-0.2, 0) is 9.84 Å². The van der Waals surface area contributed by atoms with Gasteiger partial charge in [-0.1, -0.05) is 6.92 Å². The second-order valence-corrected chi connectivity index (χ2v) is 7.25. The van der Waals surface area contributed by atoms with E-state index in [0.717, 1.165) is 6.42 Å². The van der Waals surface area contributed by atoms with Crippen molar-refractivity contribution in [3.05, 3.63) is 0 Å². The molecule has 4 heteroatoms. The fraction of sp³-hybridized carbons (Fsp3) is 1.00. The maximum atomic E-state index is 11.6. The first-order chi connectivity index (χ1) is 5.70. The van der Waals surface area contributed by atoms with E-state index < -0.39 is 14.6 Å². The summed E-state index contributed by atoms with van der Waals surface area (Å²) < 4.78 is 22.6. The zero-order valence-electron chi connectivity index (χ0n) is 9.00. The average Bonchev–Trinajstić information content (AvgIpc) is 1.98. The molecule has 0 saturated carbocycles.